The highest BCUT2D eigenvalue weighted by molar-refractivity contribution is 6.33. The summed E-state index contributed by atoms with van der Waals surface area (Å²) in [6, 6.07) is 14.2. The minimum atomic E-state index is -0.490. The van der Waals surface area contributed by atoms with Gasteiger partial charge in [0.15, 0.2) is 0 Å². The fraction of sp³-hybridized carbons (Fsp3) is 0.0588. The van der Waals surface area contributed by atoms with Crippen molar-refractivity contribution in [1.29, 1.82) is 5.26 Å². The van der Waals surface area contributed by atoms with Gasteiger partial charge in [-0.25, -0.2) is 0 Å². The van der Waals surface area contributed by atoms with Crippen LogP contribution in [0, 0.1) is 18.3 Å². The predicted molar refractivity (Wildman–Crippen MR) is 93.0 cm³/mol. The Morgan fingerprint density at radius 2 is 2.04 bits per heavy atom. The molecule has 0 fully saturated rings. The highest BCUT2D eigenvalue weighted by atomic mass is 35.5. The maximum Gasteiger partial charge on any atom is 0.267 e. The molecule has 2 aromatic rings. The van der Waals surface area contributed by atoms with Crippen LogP contribution in [0.4, 0.5) is 17.1 Å². The van der Waals surface area contributed by atoms with Crippen LogP contribution in [0.15, 0.2) is 54.2 Å². The molecule has 0 heterocycles. The highest BCUT2D eigenvalue weighted by Gasteiger charge is 2.10. The van der Waals surface area contributed by atoms with Gasteiger partial charge in [-0.1, -0.05) is 29.8 Å². The molecule has 2 rings (SSSR count). The highest BCUT2D eigenvalue weighted by Crippen LogP contribution is 2.22. The Morgan fingerprint density at radius 3 is 2.70 bits per heavy atom. The molecule has 1 amide bonds. The molecule has 0 aliphatic heterocycles. The predicted octanol–water partition coefficient (Wildman–Crippen LogP) is 3.69. The van der Waals surface area contributed by atoms with Crippen molar-refractivity contribution in [3.8, 4) is 6.07 Å². The van der Waals surface area contributed by atoms with Crippen LogP contribution in [0.2, 0.25) is 5.02 Å². The van der Waals surface area contributed by atoms with Crippen LogP contribution < -0.4 is 16.4 Å². The third kappa shape index (κ3) is 4.25. The lowest BCUT2D eigenvalue weighted by molar-refractivity contribution is -0.112. The fourth-order valence-corrected chi connectivity index (χ4v) is 2.00. The maximum absolute atomic E-state index is 12.2. The first-order chi connectivity index (χ1) is 11.0. The van der Waals surface area contributed by atoms with E-state index < -0.39 is 5.91 Å². The number of aryl methyl sites for hydroxylation is 1. The number of nitrogen functional groups attached to an aromatic ring is 1. The van der Waals surface area contributed by atoms with Crippen LogP contribution >= 0.6 is 11.6 Å². The van der Waals surface area contributed by atoms with E-state index in [1.807, 2.05) is 31.2 Å². The first-order valence-electron chi connectivity index (χ1n) is 6.80. The molecule has 0 saturated carbocycles. The van der Waals surface area contributed by atoms with Gasteiger partial charge in [0.05, 0.1) is 10.7 Å². The second-order valence-corrected chi connectivity index (χ2v) is 5.23. The molecular weight excluding hydrogens is 312 g/mol. The number of anilines is 3. The first-order valence-corrected chi connectivity index (χ1v) is 7.18. The Hall–Kier alpha value is -2.97. The summed E-state index contributed by atoms with van der Waals surface area (Å²) in [5, 5.41) is 15.1. The van der Waals surface area contributed by atoms with Crippen LogP contribution in [0.5, 0.6) is 0 Å². The lowest BCUT2D eigenvalue weighted by Crippen LogP contribution is -2.15. The monoisotopic (exact) mass is 326 g/mol. The SMILES string of the molecule is Cc1ccccc1NC(=O)/C(C#N)=C\Nc1ccc(N)c(Cl)c1. The molecule has 0 radical (unpaired) electrons. The van der Waals surface area contributed by atoms with Crippen LogP contribution in [-0.4, -0.2) is 5.91 Å². The minimum absolute atomic E-state index is 0.0544. The summed E-state index contributed by atoms with van der Waals surface area (Å²) in [6.07, 6.45) is 1.33. The van der Waals surface area contributed by atoms with Gasteiger partial charge in [0.2, 0.25) is 0 Å². The molecule has 23 heavy (non-hydrogen) atoms. The van der Waals surface area contributed by atoms with Gasteiger partial charge in [0.1, 0.15) is 11.6 Å². The smallest absolute Gasteiger partial charge is 0.267 e. The molecule has 0 unspecified atom stereocenters. The minimum Gasteiger partial charge on any atom is -0.398 e. The summed E-state index contributed by atoms with van der Waals surface area (Å²) >= 11 is 5.92. The number of benzene rings is 2. The summed E-state index contributed by atoms with van der Waals surface area (Å²) in [4.78, 5) is 12.2. The number of nitrogens with zero attached hydrogens (tertiary/aromatic N) is 1. The fourth-order valence-electron chi connectivity index (χ4n) is 1.82. The third-order valence-electron chi connectivity index (χ3n) is 3.14. The van der Waals surface area contributed by atoms with E-state index in [0.29, 0.717) is 22.1 Å². The Balaban J connectivity index is 2.12. The van der Waals surface area contributed by atoms with Crippen LogP contribution in [-0.2, 0) is 4.79 Å². The van der Waals surface area contributed by atoms with Gasteiger partial charge in [0.25, 0.3) is 5.91 Å². The Bertz CT molecular complexity index is 808. The van der Waals surface area contributed by atoms with Crippen molar-refractivity contribution < 1.29 is 4.79 Å². The quantitative estimate of drug-likeness (QED) is 0.454. The van der Waals surface area contributed by atoms with Gasteiger partial charge in [-0.15, -0.1) is 0 Å². The number of hydrogen-bond donors (Lipinski definition) is 3. The van der Waals surface area contributed by atoms with Crippen molar-refractivity contribution in [2.45, 2.75) is 6.92 Å². The van der Waals surface area contributed by atoms with Crippen molar-refractivity contribution in [3.05, 3.63) is 64.8 Å². The van der Waals surface area contributed by atoms with Gasteiger partial charge >= 0.3 is 0 Å². The normalized spacial score (nSPS) is 10.7. The van der Waals surface area contributed by atoms with Gasteiger partial charge < -0.3 is 16.4 Å². The zero-order valence-corrected chi connectivity index (χ0v) is 13.2. The largest absolute Gasteiger partial charge is 0.398 e. The van der Waals surface area contributed by atoms with E-state index in [-0.39, 0.29) is 5.57 Å². The van der Waals surface area contributed by atoms with E-state index in [0.717, 1.165) is 5.56 Å². The Kier molecular flexibility index (Phi) is 5.23. The summed E-state index contributed by atoms with van der Waals surface area (Å²) in [5.41, 5.74) is 8.23. The number of carbonyl (C=O) groups is 1. The third-order valence-corrected chi connectivity index (χ3v) is 3.47. The maximum atomic E-state index is 12.2. The molecule has 0 saturated heterocycles. The number of halogens is 1. The van der Waals surface area contributed by atoms with Crippen LogP contribution in [0.25, 0.3) is 0 Å². The average Bonchev–Trinajstić information content (AvgIpc) is 2.53. The summed E-state index contributed by atoms with van der Waals surface area (Å²) in [6.45, 7) is 1.87. The molecule has 0 aromatic heterocycles. The van der Waals surface area contributed by atoms with Crippen molar-refractivity contribution in [1.82, 2.24) is 0 Å². The summed E-state index contributed by atoms with van der Waals surface area (Å²) in [5.74, 6) is -0.490. The molecule has 6 heteroatoms. The number of nitrogens with one attached hydrogen (secondary N) is 2. The number of rotatable bonds is 4. The molecule has 4 N–H and O–H groups in total. The van der Waals surface area contributed by atoms with Crippen molar-refractivity contribution >= 4 is 34.6 Å². The number of hydrogen-bond acceptors (Lipinski definition) is 4. The van der Waals surface area contributed by atoms with E-state index in [9.17, 15) is 4.79 Å². The van der Waals surface area contributed by atoms with E-state index >= 15 is 0 Å². The molecule has 116 valence electrons. The molecule has 0 spiro atoms. The average molecular weight is 327 g/mol. The van der Waals surface area contributed by atoms with Crippen molar-refractivity contribution in [3.63, 3.8) is 0 Å². The topological polar surface area (TPSA) is 90.9 Å². The molecule has 0 bridgehead atoms. The molecule has 0 atom stereocenters. The van der Waals surface area contributed by atoms with Crippen LogP contribution in [0.1, 0.15) is 5.56 Å². The lowest BCUT2D eigenvalue weighted by Gasteiger charge is -2.08. The second kappa shape index (κ2) is 7.34. The zero-order chi connectivity index (χ0) is 16.8. The molecule has 0 aliphatic rings. The Labute approximate surface area is 139 Å². The zero-order valence-electron chi connectivity index (χ0n) is 12.4. The van der Waals surface area contributed by atoms with Gasteiger partial charge in [0, 0.05) is 17.6 Å². The van der Waals surface area contributed by atoms with E-state index in [4.69, 9.17) is 22.6 Å². The number of para-hydroxylation sites is 1. The molecule has 0 aliphatic carbocycles. The summed E-state index contributed by atoms with van der Waals surface area (Å²) < 4.78 is 0. The number of amides is 1. The second-order valence-electron chi connectivity index (χ2n) is 4.82. The first kappa shape index (κ1) is 16.4. The van der Waals surface area contributed by atoms with Gasteiger partial charge in [-0.3, -0.25) is 4.79 Å². The standard InChI is InChI=1S/C17H15ClN4O/c1-11-4-2-3-5-16(11)22-17(23)12(9-19)10-21-13-6-7-15(20)14(18)8-13/h2-8,10,21H,20H2,1H3,(H,22,23)/b12-10-. The van der Waals surface area contributed by atoms with Gasteiger partial charge in [-0.05, 0) is 36.8 Å². The molecule has 5 nitrogen and oxygen atoms in total. The van der Waals surface area contributed by atoms with Crippen molar-refractivity contribution in [2.24, 2.45) is 0 Å². The van der Waals surface area contributed by atoms with Crippen LogP contribution in [0.3, 0.4) is 0 Å². The van der Waals surface area contributed by atoms with Gasteiger partial charge in [-0.2, -0.15) is 5.26 Å². The Morgan fingerprint density at radius 1 is 1.30 bits per heavy atom. The molecular formula is C17H15ClN4O. The molecule has 2 aromatic carbocycles. The number of carbonyl (C=O) groups excluding carboxylic acids is 1. The van der Waals surface area contributed by atoms with Crippen molar-refractivity contribution in [2.75, 3.05) is 16.4 Å². The van der Waals surface area contributed by atoms with E-state index in [1.54, 1.807) is 24.3 Å². The summed E-state index contributed by atoms with van der Waals surface area (Å²) in [7, 11) is 0. The van der Waals surface area contributed by atoms with E-state index in [2.05, 4.69) is 10.6 Å². The number of nitriles is 1. The van der Waals surface area contributed by atoms with E-state index in [1.165, 1.54) is 6.20 Å². The number of nitrogens with two attached hydrogens (primary N) is 1. The lowest BCUT2D eigenvalue weighted by atomic mass is 10.2.